The molecule has 1 aliphatic heterocycles. The van der Waals surface area contributed by atoms with Crippen LogP contribution in [-0.4, -0.2) is 29.6 Å². The summed E-state index contributed by atoms with van der Waals surface area (Å²) in [6.07, 6.45) is 5.46. The monoisotopic (exact) mass is 271 g/mol. The number of likely N-dealkylation sites (tertiary alicyclic amines) is 1. The van der Waals surface area contributed by atoms with E-state index in [2.05, 4.69) is 48.2 Å². The molecular formula is C17H21NO2. The van der Waals surface area contributed by atoms with Gasteiger partial charge in [-0.25, -0.2) is 0 Å². The number of benzene rings is 1. The van der Waals surface area contributed by atoms with Gasteiger partial charge in [0.15, 0.2) is 0 Å². The molecule has 1 unspecified atom stereocenters. The highest BCUT2D eigenvalue weighted by Crippen LogP contribution is 2.42. The van der Waals surface area contributed by atoms with E-state index >= 15 is 0 Å². The van der Waals surface area contributed by atoms with Crippen molar-refractivity contribution in [2.45, 2.75) is 38.4 Å². The third kappa shape index (κ3) is 2.16. The summed E-state index contributed by atoms with van der Waals surface area (Å²) < 4.78 is 5.28. The molecule has 1 fully saturated rings. The smallest absolute Gasteiger partial charge is 0.323 e. The van der Waals surface area contributed by atoms with Gasteiger partial charge >= 0.3 is 5.97 Å². The van der Waals surface area contributed by atoms with Crippen LogP contribution in [0.1, 0.15) is 31.9 Å². The molecule has 0 spiro atoms. The maximum atomic E-state index is 12.3. The Hall–Kier alpha value is -1.61. The van der Waals surface area contributed by atoms with Crippen LogP contribution in [0.2, 0.25) is 0 Å². The zero-order chi connectivity index (χ0) is 14.1. The third-order valence-corrected chi connectivity index (χ3v) is 4.46. The lowest BCUT2D eigenvalue weighted by molar-refractivity contribution is -0.150. The van der Waals surface area contributed by atoms with Crippen molar-refractivity contribution in [2.24, 2.45) is 5.92 Å². The van der Waals surface area contributed by atoms with Crippen LogP contribution in [0.3, 0.4) is 0 Å². The van der Waals surface area contributed by atoms with Gasteiger partial charge in [0.05, 0.1) is 6.61 Å². The van der Waals surface area contributed by atoms with Gasteiger partial charge in [-0.1, -0.05) is 42.5 Å². The Morgan fingerprint density at radius 2 is 2.10 bits per heavy atom. The predicted octanol–water partition coefficient (Wildman–Crippen LogP) is 2.94. The molecule has 1 saturated heterocycles. The first-order valence-corrected chi connectivity index (χ1v) is 7.39. The number of fused-ring (bicyclic) bond motifs is 2. The summed E-state index contributed by atoms with van der Waals surface area (Å²) in [6, 6.07) is 10.8. The number of hydrogen-bond donors (Lipinski definition) is 0. The summed E-state index contributed by atoms with van der Waals surface area (Å²) >= 11 is 0. The van der Waals surface area contributed by atoms with Crippen LogP contribution >= 0.6 is 0 Å². The Bertz CT molecular complexity index is 511. The third-order valence-electron chi connectivity index (χ3n) is 4.46. The summed E-state index contributed by atoms with van der Waals surface area (Å²) in [4.78, 5) is 14.6. The molecule has 4 atom stereocenters. The maximum absolute atomic E-state index is 12.3. The SMILES string of the molecule is CCOC(=O)[C@H]1[C@H]2C=C[C@H](C2)N1C(C)c1ccccc1. The van der Waals surface area contributed by atoms with Crippen molar-refractivity contribution >= 4 is 5.97 Å². The molecule has 0 N–H and O–H groups in total. The lowest BCUT2D eigenvalue weighted by atomic mass is 9.99. The Balaban J connectivity index is 1.87. The van der Waals surface area contributed by atoms with Gasteiger partial charge in [0.1, 0.15) is 6.04 Å². The molecule has 0 radical (unpaired) electrons. The average Bonchev–Trinajstić information content (AvgIpc) is 3.08. The van der Waals surface area contributed by atoms with Crippen LogP contribution in [-0.2, 0) is 9.53 Å². The highest BCUT2D eigenvalue weighted by Gasteiger charge is 2.49. The molecule has 1 aromatic carbocycles. The lowest BCUT2D eigenvalue weighted by Gasteiger charge is -2.36. The first-order chi connectivity index (χ1) is 9.72. The highest BCUT2D eigenvalue weighted by molar-refractivity contribution is 5.77. The van der Waals surface area contributed by atoms with E-state index in [1.54, 1.807) is 0 Å². The molecule has 0 saturated carbocycles. The predicted molar refractivity (Wildman–Crippen MR) is 78.2 cm³/mol. The van der Waals surface area contributed by atoms with Crippen molar-refractivity contribution in [3.05, 3.63) is 48.0 Å². The van der Waals surface area contributed by atoms with Crippen LogP contribution in [0.25, 0.3) is 0 Å². The molecule has 2 aliphatic rings. The van der Waals surface area contributed by atoms with E-state index in [9.17, 15) is 4.79 Å². The van der Waals surface area contributed by atoms with Gasteiger partial charge in [-0.05, 0) is 25.8 Å². The van der Waals surface area contributed by atoms with Crippen LogP contribution in [0.5, 0.6) is 0 Å². The number of hydrogen-bond acceptors (Lipinski definition) is 3. The first-order valence-electron chi connectivity index (χ1n) is 7.39. The fourth-order valence-electron chi connectivity index (χ4n) is 3.55. The number of nitrogens with zero attached hydrogens (tertiary/aromatic N) is 1. The number of carbonyl (C=O) groups is 1. The van der Waals surface area contributed by atoms with Gasteiger partial charge in [-0.15, -0.1) is 0 Å². The average molecular weight is 271 g/mol. The van der Waals surface area contributed by atoms with Gasteiger partial charge < -0.3 is 4.74 Å². The molecule has 1 aromatic rings. The highest BCUT2D eigenvalue weighted by atomic mass is 16.5. The molecule has 0 aromatic heterocycles. The second-order valence-corrected chi connectivity index (χ2v) is 5.58. The zero-order valence-corrected chi connectivity index (χ0v) is 12.0. The minimum Gasteiger partial charge on any atom is -0.465 e. The Kier molecular flexibility index (Phi) is 3.62. The molecule has 1 heterocycles. The van der Waals surface area contributed by atoms with E-state index in [1.165, 1.54) is 5.56 Å². The van der Waals surface area contributed by atoms with Crippen LogP contribution in [0, 0.1) is 5.92 Å². The lowest BCUT2D eigenvalue weighted by Crippen LogP contribution is -2.46. The van der Waals surface area contributed by atoms with Crippen molar-refractivity contribution < 1.29 is 9.53 Å². The summed E-state index contributed by atoms with van der Waals surface area (Å²) in [6.45, 7) is 4.49. The van der Waals surface area contributed by atoms with E-state index in [0.717, 1.165) is 6.42 Å². The number of ether oxygens (including phenoxy) is 1. The van der Waals surface area contributed by atoms with Crippen molar-refractivity contribution in [3.63, 3.8) is 0 Å². The molecule has 0 amide bonds. The minimum absolute atomic E-state index is 0.0767. The topological polar surface area (TPSA) is 29.5 Å². The largest absolute Gasteiger partial charge is 0.465 e. The van der Waals surface area contributed by atoms with Crippen molar-refractivity contribution in [2.75, 3.05) is 6.61 Å². The Morgan fingerprint density at radius 1 is 1.35 bits per heavy atom. The Labute approximate surface area is 120 Å². The number of esters is 1. The second-order valence-electron chi connectivity index (χ2n) is 5.58. The summed E-state index contributed by atoms with van der Waals surface area (Å²) in [5.74, 6) is 0.234. The molecule has 3 rings (SSSR count). The van der Waals surface area contributed by atoms with E-state index in [1.807, 2.05) is 13.0 Å². The fraction of sp³-hybridized carbons (Fsp3) is 0.471. The van der Waals surface area contributed by atoms with Gasteiger partial charge in [0.2, 0.25) is 0 Å². The van der Waals surface area contributed by atoms with Crippen LogP contribution in [0.4, 0.5) is 0 Å². The number of rotatable bonds is 4. The summed E-state index contributed by atoms with van der Waals surface area (Å²) in [5, 5.41) is 0. The van der Waals surface area contributed by atoms with E-state index in [-0.39, 0.29) is 18.1 Å². The van der Waals surface area contributed by atoms with Gasteiger partial charge in [0.25, 0.3) is 0 Å². The van der Waals surface area contributed by atoms with E-state index in [4.69, 9.17) is 4.74 Å². The molecular weight excluding hydrogens is 250 g/mol. The first kappa shape index (κ1) is 13.4. The molecule has 2 bridgehead atoms. The molecule has 20 heavy (non-hydrogen) atoms. The summed E-state index contributed by atoms with van der Waals surface area (Å²) in [5.41, 5.74) is 1.25. The van der Waals surface area contributed by atoms with Crippen molar-refractivity contribution in [1.29, 1.82) is 0 Å². The second kappa shape index (κ2) is 5.41. The van der Waals surface area contributed by atoms with Gasteiger partial charge in [-0.3, -0.25) is 9.69 Å². The number of carbonyl (C=O) groups excluding carboxylic acids is 1. The van der Waals surface area contributed by atoms with Crippen LogP contribution in [0.15, 0.2) is 42.5 Å². The molecule has 3 heteroatoms. The van der Waals surface area contributed by atoms with E-state index in [0.29, 0.717) is 18.6 Å². The van der Waals surface area contributed by atoms with Crippen LogP contribution < -0.4 is 0 Å². The quantitative estimate of drug-likeness (QED) is 0.623. The molecule has 106 valence electrons. The van der Waals surface area contributed by atoms with E-state index < -0.39 is 0 Å². The Morgan fingerprint density at radius 3 is 2.80 bits per heavy atom. The molecule has 1 aliphatic carbocycles. The standard InChI is InChI=1S/C17H21NO2/c1-3-20-17(19)16-14-9-10-15(11-14)18(16)12(2)13-7-5-4-6-8-13/h4-10,12,14-16H,3,11H2,1-2H3/t12?,14-,15+,16+/m0/s1. The van der Waals surface area contributed by atoms with Crippen molar-refractivity contribution in [3.8, 4) is 0 Å². The normalized spacial score (nSPS) is 29.6. The maximum Gasteiger partial charge on any atom is 0.323 e. The minimum atomic E-state index is -0.125. The van der Waals surface area contributed by atoms with Gasteiger partial charge in [-0.2, -0.15) is 0 Å². The van der Waals surface area contributed by atoms with Crippen molar-refractivity contribution in [1.82, 2.24) is 4.90 Å². The fourth-order valence-corrected chi connectivity index (χ4v) is 3.55. The summed E-state index contributed by atoms with van der Waals surface area (Å²) in [7, 11) is 0. The molecule has 3 nitrogen and oxygen atoms in total. The zero-order valence-electron chi connectivity index (χ0n) is 12.0. The van der Waals surface area contributed by atoms with Gasteiger partial charge in [0, 0.05) is 18.0 Å².